The van der Waals surface area contributed by atoms with Gasteiger partial charge in [0.2, 0.25) is 5.91 Å². The van der Waals surface area contributed by atoms with Crippen LogP contribution in [-0.2, 0) is 4.79 Å². The molecule has 1 heterocycles. The summed E-state index contributed by atoms with van der Waals surface area (Å²) in [7, 11) is 0. The summed E-state index contributed by atoms with van der Waals surface area (Å²) in [5, 5.41) is 2.69. The summed E-state index contributed by atoms with van der Waals surface area (Å²) < 4.78 is 5.59. The molecule has 2 aromatic rings. The molecule has 2 rings (SSSR count). The van der Waals surface area contributed by atoms with Gasteiger partial charge in [0.15, 0.2) is 0 Å². The van der Waals surface area contributed by atoms with Gasteiger partial charge in [-0.25, -0.2) is 9.97 Å². The van der Waals surface area contributed by atoms with Crippen LogP contribution in [-0.4, -0.2) is 15.9 Å². The number of ether oxygens (including phenoxy) is 1. The van der Waals surface area contributed by atoms with Crippen molar-refractivity contribution in [3.8, 4) is 11.8 Å². The summed E-state index contributed by atoms with van der Waals surface area (Å²) >= 11 is 0. The number of hydrogen-bond donors (Lipinski definition) is 1. The summed E-state index contributed by atoms with van der Waals surface area (Å²) in [6.45, 7) is 5.23. The SMILES string of the molecule is CC(=O)Nc1cccc(Oc2nc(C)cc(C)n2)c1. The van der Waals surface area contributed by atoms with Gasteiger partial charge >= 0.3 is 6.01 Å². The van der Waals surface area contributed by atoms with E-state index in [1.165, 1.54) is 6.92 Å². The molecule has 0 aliphatic carbocycles. The normalized spacial score (nSPS) is 10.1. The van der Waals surface area contributed by atoms with Crippen LogP contribution in [0.25, 0.3) is 0 Å². The molecule has 0 unspecified atom stereocenters. The molecule has 0 fully saturated rings. The van der Waals surface area contributed by atoms with Gasteiger partial charge in [-0.15, -0.1) is 0 Å². The maximum atomic E-state index is 11.0. The minimum absolute atomic E-state index is 0.125. The van der Waals surface area contributed by atoms with E-state index in [2.05, 4.69) is 15.3 Å². The van der Waals surface area contributed by atoms with Crippen LogP contribution in [0.3, 0.4) is 0 Å². The maximum absolute atomic E-state index is 11.0. The smallest absolute Gasteiger partial charge is 0.322 e. The Labute approximate surface area is 111 Å². The van der Waals surface area contributed by atoms with E-state index in [1.807, 2.05) is 19.9 Å². The molecule has 1 aromatic carbocycles. The number of aryl methyl sites for hydroxylation is 2. The van der Waals surface area contributed by atoms with Crippen molar-refractivity contribution in [1.82, 2.24) is 9.97 Å². The average Bonchev–Trinajstić information content (AvgIpc) is 2.26. The fourth-order valence-electron chi connectivity index (χ4n) is 1.69. The van der Waals surface area contributed by atoms with E-state index in [-0.39, 0.29) is 5.91 Å². The Morgan fingerprint density at radius 1 is 1.16 bits per heavy atom. The van der Waals surface area contributed by atoms with Crippen molar-refractivity contribution in [3.63, 3.8) is 0 Å². The highest BCUT2D eigenvalue weighted by Crippen LogP contribution is 2.22. The van der Waals surface area contributed by atoms with Crippen LogP contribution in [0, 0.1) is 13.8 Å². The second kappa shape index (κ2) is 5.48. The van der Waals surface area contributed by atoms with Gasteiger partial charge in [0.05, 0.1) is 0 Å². The number of amides is 1. The molecule has 1 N–H and O–H groups in total. The van der Waals surface area contributed by atoms with Crippen molar-refractivity contribution in [2.24, 2.45) is 0 Å². The van der Waals surface area contributed by atoms with Gasteiger partial charge in [-0.3, -0.25) is 4.79 Å². The van der Waals surface area contributed by atoms with E-state index in [4.69, 9.17) is 4.74 Å². The number of carbonyl (C=O) groups excluding carboxylic acids is 1. The average molecular weight is 257 g/mol. The lowest BCUT2D eigenvalue weighted by molar-refractivity contribution is -0.114. The van der Waals surface area contributed by atoms with E-state index in [0.29, 0.717) is 17.4 Å². The number of rotatable bonds is 3. The molecule has 1 aromatic heterocycles. The van der Waals surface area contributed by atoms with Crippen LogP contribution >= 0.6 is 0 Å². The molecule has 19 heavy (non-hydrogen) atoms. The van der Waals surface area contributed by atoms with Crippen LogP contribution < -0.4 is 10.1 Å². The van der Waals surface area contributed by atoms with Crippen LogP contribution in [0.1, 0.15) is 18.3 Å². The molecule has 0 saturated carbocycles. The molecule has 5 nitrogen and oxygen atoms in total. The van der Waals surface area contributed by atoms with Gasteiger partial charge in [-0.2, -0.15) is 0 Å². The standard InChI is InChI=1S/C14H15N3O2/c1-9-7-10(2)16-14(15-9)19-13-6-4-5-12(8-13)17-11(3)18/h4-8H,1-3H3,(H,17,18). The lowest BCUT2D eigenvalue weighted by Gasteiger charge is -2.07. The molecule has 98 valence electrons. The minimum atomic E-state index is -0.125. The zero-order chi connectivity index (χ0) is 13.8. The quantitative estimate of drug-likeness (QED) is 0.918. The van der Waals surface area contributed by atoms with Crippen molar-refractivity contribution in [3.05, 3.63) is 41.7 Å². The Bertz CT molecular complexity index is 591. The third-order valence-corrected chi connectivity index (χ3v) is 2.33. The monoisotopic (exact) mass is 257 g/mol. The van der Waals surface area contributed by atoms with Gasteiger partial charge in [0.25, 0.3) is 0 Å². The van der Waals surface area contributed by atoms with Gasteiger partial charge in [0, 0.05) is 30.1 Å². The number of anilines is 1. The number of aromatic nitrogens is 2. The molecular weight excluding hydrogens is 242 g/mol. The first-order valence-corrected chi connectivity index (χ1v) is 5.91. The van der Waals surface area contributed by atoms with E-state index < -0.39 is 0 Å². The Hall–Kier alpha value is -2.43. The first kappa shape index (κ1) is 13.0. The third kappa shape index (κ3) is 3.77. The zero-order valence-electron chi connectivity index (χ0n) is 11.1. The number of benzene rings is 1. The van der Waals surface area contributed by atoms with Crippen LogP contribution in [0.2, 0.25) is 0 Å². The summed E-state index contributed by atoms with van der Waals surface area (Å²) in [5.74, 6) is 0.455. The van der Waals surface area contributed by atoms with Gasteiger partial charge in [-0.1, -0.05) is 6.07 Å². The lowest BCUT2D eigenvalue weighted by atomic mass is 10.3. The highest BCUT2D eigenvalue weighted by Gasteiger charge is 2.04. The lowest BCUT2D eigenvalue weighted by Crippen LogP contribution is -2.05. The topological polar surface area (TPSA) is 64.1 Å². The highest BCUT2D eigenvalue weighted by atomic mass is 16.5. The molecule has 0 aliphatic rings. The Morgan fingerprint density at radius 2 is 1.84 bits per heavy atom. The maximum Gasteiger partial charge on any atom is 0.322 e. The highest BCUT2D eigenvalue weighted by molar-refractivity contribution is 5.88. The predicted molar refractivity (Wildman–Crippen MR) is 72.3 cm³/mol. The number of carbonyl (C=O) groups is 1. The number of nitrogens with zero attached hydrogens (tertiary/aromatic N) is 2. The van der Waals surface area contributed by atoms with Gasteiger partial charge < -0.3 is 10.1 Å². The number of nitrogens with one attached hydrogen (secondary N) is 1. The predicted octanol–water partition coefficient (Wildman–Crippen LogP) is 2.84. The molecule has 5 heteroatoms. The van der Waals surface area contributed by atoms with Crippen molar-refractivity contribution < 1.29 is 9.53 Å². The first-order valence-electron chi connectivity index (χ1n) is 5.91. The molecule has 0 saturated heterocycles. The van der Waals surface area contributed by atoms with Crippen LogP contribution in [0.15, 0.2) is 30.3 Å². The summed E-state index contributed by atoms with van der Waals surface area (Å²) in [5.41, 5.74) is 2.37. The molecule has 0 bridgehead atoms. The molecule has 0 radical (unpaired) electrons. The van der Waals surface area contributed by atoms with Crippen LogP contribution in [0.5, 0.6) is 11.8 Å². The van der Waals surface area contributed by atoms with Gasteiger partial charge in [-0.05, 0) is 32.0 Å². The van der Waals surface area contributed by atoms with E-state index in [0.717, 1.165) is 11.4 Å². The van der Waals surface area contributed by atoms with Gasteiger partial charge in [0.1, 0.15) is 5.75 Å². The van der Waals surface area contributed by atoms with E-state index >= 15 is 0 Å². The molecular formula is C14H15N3O2. The van der Waals surface area contributed by atoms with Crippen molar-refractivity contribution in [2.45, 2.75) is 20.8 Å². The first-order chi connectivity index (χ1) is 9.02. The molecule has 0 spiro atoms. The Kier molecular flexibility index (Phi) is 3.75. The largest absolute Gasteiger partial charge is 0.424 e. The fraction of sp³-hybridized carbons (Fsp3) is 0.214. The van der Waals surface area contributed by atoms with Crippen LogP contribution in [0.4, 0.5) is 5.69 Å². The summed E-state index contributed by atoms with van der Waals surface area (Å²) in [6, 6.07) is 9.27. The summed E-state index contributed by atoms with van der Waals surface area (Å²) in [6.07, 6.45) is 0. The Morgan fingerprint density at radius 3 is 2.47 bits per heavy atom. The number of hydrogen-bond acceptors (Lipinski definition) is 4. The van der Waals surface area contributed by atoms with E-state index in [1.54, 1.807) is 24.3 Å². The molecule has 0 atom stereocenters. The van der Waals surface area contributed by atoms with E-state index in [9.17, 15) is 4.79 Å². The third-order valence-electron chi connectivity index (χ3n) is 2.33. The van der Waals surface area contributed by atoms with Crippen molar-refractivity contribution >= 4 is 11.6 Å². The fourth-order valence-corrected chi connectivity index (χ4v) is 1.69. The van der Waals surface area contributed by atoms with Crippen molar-refractivity contribution in [2.75, 3.05) is 5.32 Å². The van der Waals surface area contributed by atoms with Crippen molar-refractivity contribution in [1.29, 1.82) is 0 Å². The molecule has 1 amide bonds. The second-order valence-electron chi connectivity index (χ2n) is 4.24. The minimum Gasteiger partial charge on any atom is -0.424 e. The Balaban J connectivity index is 2.20. The summed E-state index contributed by atoms with van der Waals surface area (Å²) in [4.78, 5) is 19.4. The second-order valence-corrected chi connectivity index (χ2v) is 4.24. The molecule has 0 aliphatic heterocycles. The zero-order valence-corrected chi connectivity index (χ0v) is 11.1.